The maximum atomic E-state index is 13.2. The van der Waals surface area contributed by atoms with Gasteiger partial charge in [0.05, 0.1) is 11.6 Å². The molecule has 0 saturated carbocycles. The first-order chi connectivity index (χ1) is 14.5. The first-order valence-corrected chi connectivity index (χ1v) is 10.2. The molecule has 0 spiro atoms. The number of halogens is 2. The number of hydrogen-bond donors (Lipinski definition) is 1. The van der Waals surface area contributed by atoms with Gasteiger partial charge in [-0.15, -0.1) is 0 Å². The number of piperidine rings is 1. The van der Waals surface area contributed by atoms with E-state index in [4.69, 9.17) is 21.1 Å². The average molecular weight is 435 g/mol. The number of amides is 2. The molecule has 0 aliphatic carbocycles. The molecule has 0 aromatic heterocycles. The summed E-state index contributed by atoms with van der Waals surface area (Å²) >= 11 is 5.70. The Bertz CT molecular complexity index is 883. The van der Waals surface area contributed by atoms with E-state index in [2.05, 4.69) is 5.32 Å². The van der Waals surface area contributed by atoms with Crippen molar-refractivity contribution in [2.24, 2.45) is 0 Å². The van der Waals surface area contributed by atoms with Crippen LogP contribution < -0.4 is 14.8 Å². The molecule has 0 unspecified atom stereocenters. The van der Waals surface area contributed by atoms with E-state index in [0.29, 0.717) is 43.9 Å². The maximum absolute atomic E-state index is 13.2. The Balaban J connectivity index is 1.42. The lowest BCUT2D eigenvalue weighted by molar-refractivity contribution is -0.124. The normalized spacial score (nSPS) is 14.3. The van der Waals surface area contributed by atoms with Gasteiger partial charge >= 0.3 is 0 Å². The second-order valence-electron chi connectivity index (χ2n) is 6.96. The molecule has 2 aromatic carbocycles. The van der Waals surface area contributed by atoms with Crippen LogP contribution in [-0.4, -0.2) is 49.1 Å². The van der Waals surface area contributed by atoms with Crippen LogP contribution in [0, 0.1) is 5.82 Å². The van der Waals surface area contributed by atoms with E-state index in [9.17, 15) is 14.0 Å². The average Bonchev–Trinajstić information content (AvgIpc) is 2.75. The van der Waals surface area contributed by atoms with Gasteiger partial charge in [-0.25, -0.2) is 4.39 Å². The van der Waals surface area contributed by atoms with Gasteiger partial charge in [0.2, 0.25) is 0 Å². The Morgan fingerprint density at radius 1 is 1.10 bits per heavy atom. The minimum absolute atomic E-state index is 0.0257. The van der Waals surface area contributed by atoms with Crippen LogP contribution in [0.3, 0.4) is 0 Å². The molecule has 6 nitrogen and oxygen atoms in total. The molecule has 1 aliphatic rings. The van der Waals surface area contributed by atoms with Crippen molar-refractivity contribution in [1.29, 1.82) is 0 Å². The molecule has 1 fully saturated rings. The van der Waals surface area contributed by atoms with Crippen LogP contribution in [-0.2, 0) is 4.79 Å². The monoisotopic (exact) mass is 434 g/mol. The number of rotatable bonds is 7. The van der Waals surface area contributed by atoms with Crippen molar-refractivity contribution in [1.82, 2.24) is 10.2 Å². The van der Waals surface area contributed by atoms with Gasteiger partial charge in [-0.05, 0) is 56.2 Å². The smallest absolute Gasteiger partial charge is 0.258 e. The minimum Gasteiger partial charge on any atom is -0.494 e. The van der Waals surface area contributed by atoms with Crippen LogP contribution in [0.5, 0.6) is 11.5 Å². The topological polar surface area (TPSA) is 67.9 Å². The lowest BCUT2D eigenvalue weighted by Gasteiger charge is -2.32. The highest BCUT2D eigenvalue weighted by molar-refractivity contribution is 6.30. The van der Waals surface area contributed by atoms with Gasteiger partial charge in [0.15, 0.2) is 6.61 Å². The molecule has 0 atom stereocenters. The highest BCUT2D eigenvalue weighted by Gasteiger charge is 2.24. The quantitative estimate of drug-likeness (QED) is 0.721. The molecular weight excluding hydrogens is 411 g/mol. The molecular formula is C22H24ClFN2O4. The Morgan fingerprint density at radius 2 is 1.77 bits per heavy atom. The lowest BCUT2D eigenvalue weighted by atomic mass is 10.0. The van der Waals surface area contributed by atoms with E-state index in [1.165, 1.54) is 18.2 Å². The van der Waals surface area contributed by atoms with E-state index < -0.39 is 5.82 Å². The Kier molecular flexibility index (Phi) is 7.52. The molecule has 8 heteroatoms. The number of ether oxygens (including phenoxy) is 2. The Labute approximate surface area is 179 Å². The summed E-state index contributed by atoms with van der Waals surface area (Å²) in [5.41, 5.74) is 0.618. The van der Waals surface area contributed by atoms with E-state index in [1.54, 1.807) is 29.2 Å². The van der Waals surface area contributed by atoms with Crippen molar-refractivity contribution in [3.8, 4) is 11.5 Å². The summed E-state index contributed by atoms with van der Waals surface area (Å²) in [6, 6.07) is 11.0. The number of carbonyl (C=O) groups is 2. The standard InChI is InChI=1S/C22H24ClFN2O4/c1-2-29-17-5-3-15(4-6-17)22(28)26-11-9-16(10-12-26)25-21(27)14-30-18-7-8-20(24)19(23)13-18/h3-8,13,16H,2,9-12,14H2,1H3,(H,25,27). The van der Waals surface area contributed by atoms with Gasteiger partial charge in [0, 0.05) is 30.8 Å². The fraction of sp³-hybridized carbons (Fsp3) is 0.364. The van der Waals surface area contributed by atoms with Crippen LogP contribution >= 0.6 is 11.6 Å². The molecule has 160 valence electrons. The fourth-order valence-corrected chi connectivity index (χ4v) is 3.43. The highest BCUT2D eigenvalue weighted by atomic mass is 35.5. The zero-order chi connectivity index (χ0) is 21.5. The van der Waals surface area contributed by atoms with Crippen molar-refractivity contribution in [3.05, 3.63) is 58.9 Å². The second kappa shape index (κ2) is 10.3. The molecule has 1 heterocycles. The maximum Gasteiger partial charge on any atom is 0.258 e. The zero-order valence-corrected chi connectivity index (χ0v) is 17.5. The summed E-state index contributed by atoms with van der Waals surface area (Å²) in [6.45, 7) is 3.42. The summed E-state index contributed by atoms with van der Waals surface area (Å²) in [6.07, 6.45) is 1.33. The SMILES string of the molecule is CCOc1ccc(C(=O)N2CCC(NC(=O)COc3ccc(F)c(Cl)c3)CC2)cc1. The molecule has 30 heavy (non-hydrogen) atoms. The number of hydrogen-bond acceptors (Lipinski definition) is 4. The molecule has 2 amide bonds. The third-order valence-electron chi connectivity index (χ3n) is 4.82. The van der Waals surface area contributed by atoms with Gasteiger partial charge in [0.1, 0.15) is 17.3 Å². The van der Waals surface area contributed by atoms with Gasteiger partial charge in [-0.1, -0.05) is 11.6 Å². The molecule has 0 radical (unpaired) electrons. The summed E-state index contributed by atoms with van der Waals surface area (Å²) in [7, 11) is 0. The van der Waals surface area contributed by atoms with E-state index in [1.807, 2.05) is 6.92 Å². The van der Waals surface area contributed by atoms with Crippen LogP contribution in [0.2, 0.25) is 5.02 Å². The van der Waals surface area contributed by atoms with Crippen molar-refractivity contribution in [2.45, 2.75) is 25.8 Å². The summed E-state index contributed by atoms with van der Waals surface area (Å²) in [4.78, 5) is 26.6. The number of benzene rings is 2. The van der Waals surface area contributed by atoms with E-state index >= 15 is 0 Å². The summed E-state index contributed by atoms with van der Waals surface area (Å²) < 4.78 is 23.9. The largest absolute Gasteiger partial charge is 0.494 e. The van der Waals surface area contributed by atoms with Gasteiger partial charge < -0.3 is 19.7 Å². The van der Waals surface area contributed by atoms with Crippen molar-refractivity contribution >= 4 is 23.4 Å². The summed E-state index contributed by atoms with van der Waals surface area (Å²) in [5, 5.41) is 2.85. The second-order valence-corrected chi connectivity index (χ2v) is 7.36. The number of likely N-dealkylation sites (tertiary alicyclic amines) is 1. The van der Waals surface area contributed by atoms with Crippen molar-refractivity contribution < 1.29 is 23.5 Å². The zero-order valence-electron chi connectivity index (χ0n) is 16.7. The lowest BCUT2D eigenvalue weighted by Crippen LogP contribution is -2.47. The molecule has 1 saturated heterocycles. The van der Waals surface area contributed by atoms with Crippen LogP contribution in [0.4, 0.5) is 4.39 Å². The molecule has 0 bridgehead atoms. The van der Waals surface area contributed by atoms with Crippen LogP contribution in [0.15, 0.2) is 42.5 Å². The Hall–Kier alpha value is -2.80. The first-order valence-electron chi connectivity index (χ1n) is 9.85. The fourth-order valence-electron chi connectivity index (χ4n) is 3.25. The predicted octanol–water partition coefficient (Wildman–Crippen LogP) is 3.68. The van der Waals surface area contributed by atoms with Crippen LogP contribution in [0.25, 0.3) is 0 Å². The van der Waals surface area contributed by atoms with Crippen LogP contribution in [0.1, 0.15) is 30.1 Å². The number of nitrogens with zero attached hydrogens (tertiary/aromatic N) is 1. The summed E-state index contributed by atoms with van der Waals surface area (Å²) in [5.74, 6) is 0.221. The molecule has 1 aliphatic heterocycles. The third-order valence-corrected chi connectivity index (χ3v) is 5.11. The van der Waals surface area contributed by atoms with Gasteiger partial charge in [-0.3, -0.25) is 9.59 Å². The highest BCUT2D eigenvalue weighted by Crippen LogP contribution is 2.21. The van der Waals surface area contributed by atoms with Crippen molar-refractivity contribution in [3.63, 3.8) is 0 Å². The number of nitrogens with one attached hydrogen (secondary N) is 1. The van der Waals surface area contributed by atoms with Crippen molar-refractivity contribution in [2.75, 3.05) is 26.3 Å². The Morgan fingerprint density at radius 3 is 2.40 bits per heavy atom. The molecule has 2 aromatic rings. The first kappa shape index (κ1) is 21.9. The van der Waals surface area contributed by atoms with E-state index in [0.717, 1.165) is 5.75 Å². The third kappa shape index (κ3) is 5.86. The molecule has 1 N–H and O–H groups in total. The molecule has 3 rings (SSSR count). The van der Waals surface area contributed by atoms with Gasteiger partial charge in [-0.2, -0.15) is 0 Å². The van der Waals surface area contributed by atoms with E-state index in [-0.39, 0.29) is 29.5 Å². The predicted molar refractivity (Wildman–Crippen MR) is 112 cm³/mol. The number of carbonyl (C=O) groups excluding carboxylic acids is 2. The minimum atomic E-state index is -0.542. The van der Waals surface area contributed by atoms with Gasteiger partial charge in [0.25, 0.3) is 11.8 Å².